The van der Waals surface area contributed by atoms with Crippen LogP contribution in [0.5, 0.6) is 5.75 Å². The maximum absolute atomic E-state index is 13.0. The van der Waals surface area contributed by atoms with E-state index >= 15 is 0 Å². The van der Waals surface area contributed by atoms with Crippen molar-refractivity contribution in [2.24, 2.45) is 5.92 Å². The average molecular weight is 461 g/mol. The molecule has 174 valence electrons. The van der Waals surface area contributed by atoms with E-state index in [1.165, 1.54) is 12.1 Å². The molecule has 3 amide bonds. The van der Waals surface area contributed by atoms with Gasteiger partial charge in [-0.15, -0.1) is 13.2 Å². The Bertz CT molecular complexity index is 1020. The maximum Gasteiger partial charge on any atom is 0.573 e. The Kier molecular flexibility index (Phi) is 6.37. The molecule has 0 spiro atoms. The van der Waals surface area contributed by atoms with Crippen LogP contribution < -0.4 is 15.0 Å². The summed E-state index contributed by atoms with van der Waals surface area (Å²) in [4.78, 5) is 40.9. The first kappa shape index (κ1) is 22.8. The number of nitrogens with zero attached hydrogens (tertiary/aromatic N) is 2. The van der Waals surface area contributed by atoms with Crippen molar-refractivity contribution in [3.05, 3.63) is 54.6 Å². The Morgan fingerprint density at radius 3 is 2.21 bits per heavy atom. The molecule has 1 N–H and O–H groups in total. The first-order valence-corrected chi connectivity index (χ1v) is 10.5. The van der Waals surface area contributed by atoms with Crippen LogP contribution in [0.1, 0.15) is 19.3 Å². The number of rotatable bonds is 5. The molecule has 0 unspecified atom stereocenters. The summed E-state index contributed by atoms with van der Waals surface area (Å²) in [6.07, 6.45) is -3.73. The topological polar surface area (TPSA) is 79.0 Å². The molecule has 0 aliphatic carbocycles. The molecule has 0 saturated carbocycles. The number of halogens is 3. The SMILES string of the molecule is O=C(Nc1ccccc1)C1CCN([C@H]2CC(=O)N(c3ccc(OC(F)(F)F)cc3)C2=O)CC1. The van der Waals surface area contributed by atoms with E-state index < -0.39 is 30.0 Å². The normalized spacial score (nSPS) is 20.2. The van der Waals surface area contributed by atoms with E-state index in [4.69, 9.17) is 0 Å². The molecule has 1 atom stereocenters. The highest BCUT2D eigenvalue weighted by Crippen LogP contribution is 2.31. The van der Waals surface area contributed by atoms with Crippen LogP contribution in [0.25, 0.3) is 0 Å². The molecule has 0 bridgehead atoms. The van der Waals surface area contributed by atoms with Crippen LogP contribution in [0.15, 0.2) is 54.6 Å². The molecule has 2 aromatic carbocycles. The van der Waals surface area contributed by atoms with Gasteiger partial charge in [-0.3, -0.25) is 19.3 Å². The summed E-state index contributed by atoms with van der Waals surface area (Å²) < 4.78 is 40.8. The predicted octanol–water partition coefficient (Wildman–Crippen LogP) is 3.57. The number of alkyl halides is 3. The Morgan fingerprint density at radius 1 is 0.970 bits per heavy atom. The number of carbonyl (C=O) groups is 3. The van der Waals surface area contributed by atoms with E-state index in [-0.39, 0.29) is 23.9 Å². The number of benzene rings is 2. The second-order valence-corrected chi connectivity index (χ2v) is 7.99. The number of imide groups is 1. The minimum Gasteiger partial charge on any atom is -0.406 e. The third-order valence-corrected chi connectivity index (χ3v) is 5.83. The minimum absolute atomic E-state index is 0.0134. The van der Waals surface area contributed by atoms with Crippen molar-refractivity contribution in [1.29, 1.82) is 0 Å². The predicted molar refractivity (Wildman–Crippen MR) is 113 cm³/mol. The number of amides is 3. The fourth-order valence-electron chi connectivity index (χ4n) is 4.21. The molecule has 2 heterocycles. The molecule has 0 aromatic heterocycles. The van der Waals surface area contributed by atoms with Crippen molar-refractivity contribution in [2.75, 3.05) is 23.3 Å². The molecule has 2 aliphatic heterocycles. The van der Waals surface area contributed by atoms with E-state index in [2.05, 4.69) is 10.1 Å². The third-order valence-electron chi connectivity index (χ3n) is 5.83. The van der Waals surface area contributed by atoms with Crippen molar-refractivity contribution in [3.63, 3.8) is 0 Å². The highest BCUT2D eigenvalue weighted by Gasteiger charge is 2.44. The van der Waals surface area contributed by atoms with Gasteiger partial charge in [0, 0.05) is 11.6 Å². The number of piperidine rings is 1. The fourth-order valence-corrected chi connectivity index (χ4v) is 4.21. The van der Waals surface area contributed by atoms with Gasteiger partial charge in [0.05, 0.1) is 18.2 Å². The van der Waals surface area contributed by atoms with Gasteiger partial charge in [0.15, 0.2) is 0 Å². The molecule has 2 saturated heterocycles. The van der Waals surface area contributed by atoms with Gasteiger partial charge in [-0.2, -0.15) is 0 Å². The second kappa shape index (κ2) is 9.22. The van der Waals surface area contributed by atoms with Gasteiger partial charge in [0.2, 0.25) is 11.8 Å². The van der Waals surface area contributed by atoms with Gasteiger partial charge in [-0.05, 0) is 62.3 Å². The van der Waals surface area contributed by atoms with Crippen molar-refractivity contribution < 1.29 is 32.3 Å². The van der Waals surface area contributed by atoms with E-state index in [0.29, 0.717) is 25.9 Å². The lowest BCUT2D eigenvalue weighted by molar-refractivity contribution is -0.274. The van der Waals surface area contributed by atoms with Gasteiger partial charge in [0.1, 0.15) is 5.75 Å². The van der Waals surface area contributed by atoms with Crippen LogP contribution in [0.3, 0.4) is 0 Å². The largest absolute Gasteiger partial charge is 0.573 e. The standard InChI is InChI=1S/C23H22F3N3O4/c24-23(25,26)33-18-8-6-17(7-9-18)29-20(30)14-19(22(29)32)28-12-10-15(11-13-28)21(31)27-16-4-2-1-3-5-16/h1-9,15,19H,10-14H2,(H,27,31)/t19-/m0/s1. The molecule has 2 fully saturated rings. The lowest BCUT2D eigenvalue weighted by atomic mass is 9.94. The highest BCUT2D eigenvalue weighted by molar-refractivity contribution is 6.22. The fraction of sp³-hybridized carbons (Fsp3) is 0.348. The minimum atomic E-state index is -4.82. The Hall–Kier alpha value is -3.40. The van der Waals surface area contributed by atoms with Crippen LogP contribution >= 0.6 is 0 Å². The number of likely N-dealkylation sites (tertiary alicyclic amines) is 1. The number of nitrogens with one attached hydrogen (secondary N) is 1. The first-order valence-electron chi connectivity index (χ1n) is 10.5. The Labute approximate surface area is 188 Å². The zero-order chi connectivity index (χ0) is 23.6. The molecule has 10 heteroatoms. The Morgan fingerprint density at radius 2 is 1.61 bits per heavy atom. The third kappa shape index (κ3) is 5.33. The number of carbonyl (C=O) groups excluding carboxylic acids is 3. The summed E-state index contributed by atoms with van der Waals surface area (Å²) in [5.74, 6) is -1.53. The quantitative estimate of drug-likeness (QED) is 0.689. The number of para-hydroxylation sites is 1. The van der Waals surface area contributed by atoms with Crippen LogP contribution in [-0.4, -0.2) is 48.1 Å². The van der Waals surface area contributed by atoms with Gasteiger partial charge in [-0.25, -0.2) is 4.90 Å². The first-order chi connectivity index (χ1) is 15.7. The van der Waals surface area contributed by atoms with Crippen LogP contribution in [0, 0.1) is 5.92 Å². The highest BCUT2D eigenvalue weighted by atomic mass is 19.4. The molecule has 0 radical (unpaired) electrons. The Balaban J connectivity index is 1.35. The van der Waals surface area contributed by atoms with Crippen LogP contribution in [-0.2, 0) is 14.4 Å². The molecule has 2 aromatic rings. The average Bonchev–Trinajstić information content (AvgIpc) is 3.08. The van der Waals surface area contributed by atoms with Crippen molar-refractivity contribution >= 4 is 29.1 Å². The summed E-state index contributed by atoms with van der Waals surface area (Å²) in [7, 11) is 0. The lowest BCUT2D eigenvalue weighted by Crippen LogP contribution is -2.47. The smallest absolute Gasteiger partial charge is 0.406 e. The van der Waals surface area contributed by atoms with Crippen LogP contribution in [0.2, 0.25) is 0 Å². The molecular formula is C23H22F3N3O4. The van der Waals surface area contributed by atoms with Gasteiger partial charge in [0.25, 0.3) is 5.91 Å². The van der Waals surface area contributed by atoms with E-state index in [9.17, 15) is 27.6 Å². The number of hydrogen-bond acceptors (Lipinski definition) is 5. The summed E-state index contributed by atoms with van der Waals surface area (Å²) in [5, 5.41) is 2.89. The van der Waals surface area contributed by atoms with Crippen LogP contribution in [0.4, 0.5) is 24.5 Å². The summed E-state index contributed by atoms with van der Waals surface area (Å²) >= 11 is 0. The van der Waals surface area contributed by atoms with Crippen molar-refractivity contribution in [1.82, 2.24) is 4.90 Å². The maximum atomic E-state index is 13.0. The van der Waals surface area contributed by atoms with E-state index in [1.54, 1.807) is 0 Å². The van der Waals surface area contributed by atoms with E-state index in [1.807, 2.05) is 35.2 Å². The summed E-state index contributed by atoms with van der Waals surface area (Å²) in [6, 6.07) is 13.1. The van der Waals surface area contributed by atoms with Crippen molar-refractivity contribution in [2.45, 2.75) is 31.7 Å². The zero-order valence-corrected chi connectivity index (χ0v) is 17.5. The van der Waals surface area contributed by atoms with Gasteiger partial charge in [-0.1, -0.05) is 18.2 Å². The molecule has 2 aliphatic rings. The second-order valence-electron chi connectivity index (χ2n) is 7.99. The molecule has 4 rings (SSSR count). The van der Waals surface area contributed by atoms with Gasteiger partial charge >= 0.3 is 6.36 Å². The zero-order valence-electron chi connectivity index (χ0n) is 17.5. The van der Waals surface area contributed by atoms with E-state index in [0.717, 1.165) is 22.7 Å². The lowest BCUT2D eigenvalue weighted by Gasteiger charge is -2.34. The van der Waals surface area contributed by atoms with Crippen molar-refractivity contribution in [3.8, 4) is 5.75 Å². The molecular weight excluding hydrogens is 439 g/mol. The monoisotopic (exact) mass is 461 g/mol. The molecule has 7 nitrogen and oxygen atoms in total. The van der Waals surface area contributed by atoms with Gasteiger partial charge < -0.3 is 10.1 Å². The summed E-state index contributed by atoms with van der Waals surface area (Å²) in [6.45, 7) is 0.978. The number of hydrogen-bond donors (Lipinski definition) is 1. The number of ether oxygens (including phenoxy) is 1. The number of anilines is 2. The molecule has 33 heavy (non-hydrogen) atoms. The summed E-state index contributed by atoms with van der Waals surface area (Å²) in [5.41, 5.74) is 0.919.